The van der Waals surface area contributed by atoms with Gasteiger partial charge >= 0.3 is 12.1 Å². The van der Waals surface area contributed by atoms with E-state index in [4.69, 9.17) is 10.2 Å². The number of carboxylic acids is 1. The fourth-order valence-corrected chi connectivity index (χ4v) is 1.70. The van der Waals surface area contributed by atoms with Crippen molar-refractivity contribution >= 4 is 17.3 Å². The fraction of sp³-hybridized carbons (Fsp3) is 0.364. The molecule has 0 saturated heterocycles. The zero-order valence-electron chi connectivity index (χ0n) is 10.5. The van der Waals surface area contributed by atoms with Gasteiger partial charge in [0.15, 0.2) is 0 Å². The number of carbonyl (C=O) groups is 1. The number of hydrogen-bond acceptors (Lipinski definition) is 5. The highest BCUT2D eigenvalue weighted by Gasteiger charge is 2.32. The number of carboxylic acid groups (broad SMARTS) is 1. The molecule has 0 heterocycles. The Balaban J connectivity index is 3.34. The maximum absolute atomic E-state index is 12.5. The fourth-order valence-electron chi connectivity index (χ4n) is 1.70. The Labute approximate surface area is 116 Å². The zero-order valence-corrected chi connectivity index (χ0v) is 10.5. The van der Waals surface area contributed by atoms with Gasteiger partial charge in [0.2, 0.25) is 0 Å². The molecule has 0 saturated carbocycles. The molecule has 0 unspecified atom stereocenters. The van der Waals surface area contributed by atoms with E-state index in [-0.39, 0.29) is 0 Å². The lowest BCUT2D eigenvalue weighted by Crippen LogP contribution is -2.37. The van der Waals surface area contributed by atoms with Crippen molar-refractivity contribution < 1.29 is 33.1 Å². The number of non-ortho nitro benzene ring substituents is 1. The predicted octanol–water partition coefficient (Wildman–Crippen LogP) is 1.65. The Morgan fingerprint density at radius 2 is 2.00 bits per heavy atom. The van der Waals surface area contributed by atoms with Gasteiger partial charge in [-0.3, -0.25) is 10.1 Å². The van der Waals surface area contributed by atoms with Gasteiger partial charge in [-0.15, -0.1) is 0 Å². The minimum absolute atomic E-state index is 0.469. The molecule has 0 fully saturated rings. The maximum Gasteiger partial charge on any atom is 0.405 e. The summed E-state index contributed by atoms with van der Waals surface area (Å²) in [6.07, 6.45) is -4.66. The molecule has 0 radical (unpaired) electrons. The molecule has 0 aliphatic carbocycles. The smallest absolute Gasteiger partial charge is 0.405 e. The quantitative estimate of drug-likeness (QED) is 0.612. The second-order valence-corrected chi connectivity index (χ2v) is 4.02. The third-order valence-electron chi connectivity index (χ3n) is 2.50. The molecule has 7 nitrogen and oxygen atoms in total. The summed E-state index contributed by atoms with van der Waals surface area (Å²) in [5, 5.41) is 28.5. The van der Waals surface area contributed by atoms with Crippen molar-refractivity contribution in [2.45, 2.75) is 6.18 Å². The molecule has 2 N–H and O–H groups in total. The minimum Gasteiger partial charge on any atom is -0.478 e. The minimum atomic E-state index is -4.66. The highest BCUT2D eigenvalue weighted by atomic mass is 19.4. The third-order valence-corrected chi connectivity index (χ3v) is 2.50. The van der Waals surface area contributed by atoms with Crippen molar-refractivity contribution in [2.75, 3.05) is 24.6 Å². The van der Waals surface area contributed by atoms with Gasteiger partial charge in [0.05, 0.1) is 22.8 Å². The summed E-state index contributed by atoms with van der Waals surface area (Å²) in [5.41, 5.74) is -1.53. The van der Waals surface area contributed by atoms with Crippen LogP contribution in [-0.2, 0) is 0 Å². The van der Waals surface area contributed by atoms with Crippen LogP contribution in [0.4, 0.5) is 24.5 Å². The Morgan fingerprint density at radius 1 is 1.38 bits per heavy atom. The lowest BCUT2D eigenvalue weighted by molar-refractivity contribution is -0.384. The van der Waals surface area contributed by atoms with E-state index in [2.05, 4.69) is 0 Å². The number of nitro groups is 1. The van der Waals surface area contributed by atoms with Gasteiger partial charge in [-0.2, -0.15) is 13.2 Å². The normalized spacial score (nSPS) is 11.2. The van der Waals surface area contributed by atoms with Crippen molar-refractivity contribution in [3.8, 4) is 0 Å². The molecule has 0 aliphatic heterocycles. The van der Waals surface area contributed by atoms with Crippen molar-refractivity contribution in [3.63, 3.8) is 0 Å². The number of halogens is 3. The molecule has 0 aliphatic rings. The molecule has 10 heteroatoms. The second-order valence-electron chi connectivity index (χ2n) is 4.02. The number of aliphatic hydroxyl groups is 1. The van der Waals surface area contributed by atoms with Gasteiger partial charge in [-0.25, -0.2) is 4.79 Å². The summed E-state index contributed by atoms with van der Waals surface area (Å²) in [6.45, 7) is -2.71. The topological polar surface area (TPSA) is 104 Å². The number of nitrogens with zero attached hydrogens (tertiary/aromatic N) is 2. The van der Waals surface area contributed by atoms with E-state index in [9.17, 15) is 28.1 Å². The molecule has 0 atom stereocenters. The van der Waals surface area contributed by atoms with E-state index in [1.165, 1.54) is 0 Å². The Hall–Kier alpha value is -2.36. The molecular weight excluding hydrogens is 297 g/mol. The standard InChI is InChI=1S/C11H11F3N2O5/c12-11(13,14)6-15(3-4-17)9-5-7(16(20)21)1-2-8(9)10(18)19/h1-2,5,17H,3-4,6H2,(H,18,19). The summed E-state index contributed by atoms with van der Waals surface area (Å²) < 4.78 is 37.5. The van der Waals surface area contributed by atoms with Crippen molar-refractivity contribution in [2.24, 2.45) is 0 Å². The van der Waals surface area contributed by atoms with Crippen molar-refractivity contribution in [1.82, 2.24) is 0 Å². The molecule has 21 heavy (non-hydrogen) atoms. The van der Waals surface area contributed by atoms with Crippen LogP contribution in [0.1, 0.15) is 10.4 Å². The van der Waals surface area contributed by atoms with Gasteiger partial charge < -0.3 is 15.1 Å². The summed E-state index contributed by atoms with van der Waals surface area (Å²) in [6, 6.07) is 2.49. The molecule has 116 valence electrons. The largest absolute Gasteiger partial charge is 0.478 e. The van der Waals surface area contributed by atoms with Gasteiger partial charge in [-0.05, 0) is 6.07 Å². The molecule has 1 rings (SSSR count). The van der Waals surface area contributed by atoms with Crippen LogP contribution in [0, 0.1) is 10.1 Å². The Kier molecular flexibility index (Phi) is 5.08. The lowest BCUT2D eigenvalue weighted by atomic mass is 10.1. The number of benzene rings is 1. The first-order valence-corrected chi connectivity index (χ1v) is 5.60. The average molecular weight is 308 g/mol. The summed E-state index contributed by atoms with van der Waals surface area (Å²) in [5.74, 6) is -1.52. The van der Waals surface area contributed by atoms with Crippen LogP contribution in [-0.4, -0.2) is 47.0 Å². The van der Waals surface area contributed by atoms with Crippen LogP contribution < -0.4 is 4.90 Å². The molecule has 1 aromatic rings. The number of nitro benzene ring substituents is 1. The van der Waals surface area contributed by atoms with E-state index >= 15 is 0 Å². The monoisotopic (exact) mass is 308 g/mol. The van der Waals surface area contributed by atoms with Crippen LogP contribution in [0.15, 0.2) is 18.2 Å². The van der Waals surface area contributed by atoms with Gasteiger partial charge in [0.1, 0.15) is 6.54 Å². The second kappa shape index (κ2) is 6.39. The van der Waals surface area contributed by atoms with Crippen LogP contribution in [0.3, 0.4) is 0 Å². The van der Waals surface area contributed by atoms with E-state index < -0.39 is 53.7 Å². The van der Waals surface area contributed by atoms with E-state index in [1.54, 1.807) is 0 Å². The third kappa shape index (κ3) is 4.60. The van der Waals surface area contributed by atoms with E-state index in [1.807, 2.05) is 0 Å². The zero-order chi connectivity index (χ0) is 16.2. The molecule has 0 bridgehead atoms. The maximum atomic E-state index is 12.5. The highest BCUT2D eigenvalue weighted by molar-refractivity contribution is 5.95. The molecule has 0 amide bonds. The average Bonchev–Trinajstić information content (AvgIpc) is 2.35. The van der Waals surface area contributed by atoms with Gasteiger partial charge in [-0.1, -0.05) is 0 Å². The van der Waals surface area contributed by atoms with E-state index in [0.29, 0.717) is 4.90 Å². The van der Waals surface area contributed by atoms with E-state index in [0.717, 1.165) is 18.2 Å². The summed E-state index contributed by atoms with van der Waals surface area (Å²) in [7, 11) is 0. The summed E-state index contributed by atoms with van der Waals surface area (Å²) in [4.78, 5) is 21.4. The number of rotatable bonds is 6. The number of anilines is 1. The number of hydrogen-bond donors (Lipinski definition) is 2. The lowest BCUT2D eigenvalue weighted by Gasteiger charge is -2.26. The Morgan fingerprint density at radius 3 is 2.43 bits per heavy atom. The predicted molar refractivity (Wildman–Crippen MR) is 65.4 cm³/mol. The number of aromatic carboxylic acids is 1. The first-order chi connectivity index (χ1) is 9.65. The molecule has 0 spiro atoms. The SMILES string of the molecule is O=C(O)c1ccc([N+](=O)[O-])cc1N(CCO)CC(F)(F)F. The van der Waals surface area contributed by atoms with Crippen LogP contribution in [0.2, 0.25) is 0 Å². The molecular formula is C11H11F3N2O5. The van der Waals surface area contributed by atoms with Gasteiger partial charge in [0, 0.05) is 18.7 Å². The number of aliphatic hydroxyl groups excluding tert-OH is 1. The first-order valence-electron chi connectivity index (χ1n) is 5.60. The van der Waals surface area contributed by atoms with Crippen molar-refractivity contribution in [1.29, 1.82) is 0 Å². The van der Waals surface area contributed by atoms with Crippen LogP contribution >= 0.6 is 0 Å². The first kappa shape index (κ1) is 16.7. The molecule has 0 aromatic heterocycles. The number of alkyl halides is 3. The van der Waals surface area contributed by atoms with Crippen molar-refractivity contribution in [3.05, 3.63) is 33.9 Å². The Bertz CT molecular complexity index is 547. The van der Waals surface area contributed by atoms with Gasteiger partial charge in [0.25, 0.3) is 5.69 Å². The highest BCUT2D eigenvalue weighted by Crippen LogP contribution is 2.29. The molecule has 1 aromatic carbocycles. The van der Waals surface area contributed by atoms with Crippen LogP contribution in [0.5, 0.6) is 0 Å². The van der Waals surface area contributed by atoms with Crippen LogP contribution in [0.25, 0.3) is 0 Å². The summed E-state index contributed by atoms with van der Waals surface area (Å²) >= 11 is 0.